The van der Waals surface area contributed by atoms with Gasteiger partial charge in [0.2, 0.25) is 0 Å². The molecular formula is C18H31BrNO2P. The first-order valence-corrected chi connectivity index (χ1v) is 13.9. The number of rotatable bonds is 11. The van der Waals surface area contributed by atoms with Crippen molar-refractivity contribution in [3.63, 3.8) is 0 Å². The summed E-state index contributed by atoms with van der Waals surface area (Å²) >= 11 is 4.09. The van der Waals surface area contributed by atoms with Gasteiger partial charge in [0.05, 0.1) is 0 Å². The van der Waals surface area contributed by atoms with E-state index in [0.717, 1.165) is 12.8 Å². The van der Waals surface area contributed by atoms with E-state index in [4.69, 9.17) is 5.11 Å². The molecular weight excluding hydrogens is 373 g/mol. The Morgan fingerprint density at radius 3 is 2.09 bits per heavy atom. The van der Waals surface area contributed by atoms with Gasteiger partial charge in [-0.05, 0) is 0 Å². The molecule has 3 nitrogen and oxygen atoms in total. The number of benzene rings is 1. The van der Waals surface area contributed by atoms with Gasteiger partial charge in [0, 0.05) is 0 Å². The third-order valence-corrected chi connectivity index (χ3v) is 10.1. The predicted octanol–water partition coefficient (Wildman–Crippen LogP) is 5.43. The summed E-state index contributed by atoms with van der Waals surface area (Å²) in [6, 6.07) is 10.8. The van der Waals surface area contributed by atoms with Crippen LogP contribution in [0.15, 0.2) is 30.3 Å². The number of unbranched alkanes of at least 4 members (excludes halogenated alkanes) is 6. The zero-order valence-corrected chi connectivity index (χ0v) is 16.9. The fraction of sp³-hybridized carbons (Fsp3) is 0.611. The van der Waals surface area contributed by atoms with Gasteiger partial charge in [-0.1, -0.05) is 0 Å². The van der Waals surface area contributed by atoms with Crippen LogP contribution in [0.3, 0.4) is 0 Å². The van der Waals surface area contributed by atoms with Gasteiger partial charge in [-0.25, -0.2) is 0 Å². The quantitative estimate of drug-likeness (QED) is 0.382. The molecule has 0 aliphatic rings. The van der Waals surface area contributed by atoms with Gasteiger partial charge in [-0.15, -0.1) is 0 Å². The van der Waals surface area contributed by atoms with Gasteiger partial charge >= 0.3 is 149 Å². The molecule has 0 unspecified atom stereocenters. The zero-order chi connectivity index (χ0) is 17.2. The Kier molecular flexibility index (Phi) is 8.57. The number of hydrogen-bond donors (Lipinski definition) is 2. The summed E-state index contributed by atoms with van der Waals surface area (Å²) in [5.41, 5.74) is 0. The molecule has 0 saturated carbocycles. The summed E-state index contributed by atoms with van der Waals surface area (Å²) in [5, 5.41) is 10.4. The van der Waals surface area contributed by atoms with E-state index in [0.29, 0.717) is 6.54 Å². The van der Waals surface area contributed by atoms with E-state index in [2.05, 4.69) is 64.5 Å². The van der Waals surface area contributed by atoms with Gasteiger partial charge < -0.3 is 0 Å². The summed E-state index contributed by atoms with van der Waals surface area (Å²) < 4.78 is 0. The van der Waals surface area contributed by atoms with Crippen molar-refractivity contribution in [2.24, 2.45) is 0 Å². The van der Waals surface area contributed by atoms with Gasteiger partial charge in [-0.3, -0.25) is 0 Å². The molecule has 0 aliphatic carbocycles. The summed E-state index contributed by atoms with van der Waals surface area (Å²) in [5.74, 6) is 0. The van der Waals surface area contributed by atoms with E-state index >= 15 is 0 Å². The summed E-state index contributed by atoms with van der Waals surface area (Å²) in [6.45, 7) is 5.38. The number of carboxylic acid groups (broad SMARTS) is 1. The van der Waals surface area contributed by atoms with E-state index < -0.39 is 11.4 Å². The summed E-state index contributed by atoms with van der Waals surface area (Å²) in [6.07, 6.45) is 8.68. The van der Waals surface area contributed by atoms with Crippen molar-refractivity contribution in [1.29, 1.82) is 0 Å². The molecule has 1 aromatic rings. The second-order valence-electron chi connectivity index (χ2n) is 6.99. The molecule has 0 spiro atoms. The van der Waals surface area contributed by atoms with Crippen LogP contribution in [0.5, 0.6) is 0 Å². The van der Waals surface area contributed by atoms with Gasteiger partial charge in [0.25, 0.3) is 0 Å². The first kappa shape index (κ1) is 20.4. The summed E-state index contributed by atoms with van der Waals surface area (Å²) in [4.78, 5) is 10.3. The third-order valence-electron chi connectivity index (χ3n) is 4.31. The minimum absolute atomic E-state index is 0.580. The number of carbonyl (C=O) groups is 1. The number of halogens is 1. The van der Waals surface area contributed by atoms with Crippen LogP contribution >= 0.6 is 20.8 Å². The molecule has 1 rings (SSSR count). The Morgan fingerprint density at radius 2 is 1.52 bits per heavy atom. The first-order valence-electron chi connectivity index (χ1n) is 8.55. The van der Waals surface area contributed by atoms with Gasteiger partial charge in [-0.2, -0.15) is 0 Å². The molecule has 132 valence electrons. The molecule has 0 fully saturated rings. The van der Waals surface area contributed by atoms with Crippen LogP contribution in [0.25, 0.3) is 0 Å². The Bertz CT molecular complexity index is 471. The Morgan fingerprint density at radius 1 is 1.00 bits per heavy atom. The Labute approximate surface area is 148 Å². The average Bonchev–Trinajstić information content (AvgIpc) is 2.49. The number of amides is 1. The predicted molar refractivity (Wildman–Crippen MR) is 107 cm³/mol. The molecule has 23 heavy (non-hydrogen) atoms. The van der Waals surface area contributed by atoms with E-state index in [-0.39, 0.29) is 0 Å². The van der Waals surface area contributed by atoms with Crippen LogP contribution in [0.4, 0.5) is 4.79 Å². The van der Waals surface area contributed by atoms with Crippen molar-refractivity contribution in [2.75, 3.05) is 26.0 Å². The van der Waals surface area contributed by atoms with Crippen LogP contribution < -0.4 is 10.6 Å². The summed E-state index contributed by atoms with van der Waals surface area (Å²) in [7, 11) is 0. The zero-order valence-electron chi connectivity index (χ0n) is 14.4. The molecule has 0 bridgehead atoms. The van der Waals surface area contributed by atoms with Crippen LogP contribution in [0, 0.1) is 0 Å². The fourth-order valence-corrected chi connectivity index (χ4v) is 6.73. The van der Waals surface area contributed by atoms with E-state index in [9.17, 15) is 4.79 Å². The molecule has 0 saturated heterocycles. The maximum atomic E-state index is 10.3. The number of hydrogen-bond acceptors (Lipinski definition) is 1. The minimum atomic E-state index is -1.90. The van der Waals surface area contributed by atoms with Crippen LogP contribution in [0.2, 0.25) is 0 Å². The Hall–Kier alpha value is -0.600. The molecule has 5 heteroatoms. The van der Waals surface area contributed by atoms with Crippen molar-refractivity contribution < 1.29 is 9.90 Å². The van der Waals surface area contributed by atoms with Crippen LogP contribution in [0.1, 0.15) is 44.9 Å². The molecule has 2 N–H and O–H groups in total. The van der Waals surface area contributed by atoms with Crippen molar-refractivity contribution in [2.45, 2.75) is 44.9 Å². The van der Waals surface area contributed by atoms with E-state index in [1.807, 2.05) is 0 Å². The molecule has 0 aliphatic heterocycles. The molecule has 1 amide bonds. The topological polar surface area (TPSA) is 49.3 Å². The fourth-order valence-electron chi connectivity index (χ4n) is 2.79. The standard InChI is InChI=1S/C18H31BrNO2P/c1-23(2,19,17-13-9-8-10-14-17)16-12-7-5-3-4-6-11-15-20-18(21)22/h8-10,13-14,20H,3-7,11-12,15-16H2,1-2H3,(H,21,22). The second-order valence-corrected chi connectivity index (χ2v) is 19.2. The Balaban J connectivity index is 2.12. The SMILES string of the molecule is CP(C)(Br)(CCCCCCCCCNC(=O)O)c1ccccc1. The third kappa shape index (κ3) is 8.72. The van der Waals surface area contributed by atoms with Gasteiger partial charge in [0.1, 0.15) is 0 Å². The van der Waals surface area contributed by atoms with Crippen molar-refractivity contribution in [3.8, 4) is 0 Å². The van der Waals surface area contributed by atoms with E-state index in [1.165, 1.54) is 43.6 Å². The van der Waals surface area contributed by atoms with Crippen molar-refractivity contribution in [3.05, 3.63) is 30.3 Å². The molecule has 0 aromatic heterocycles. The number of nitrogens with one attached hydrogen (secondary N) is 1. The molecule has 0 heterocycles. The molecule has 1 aromatic carbocycles. The van der Waals surface area contributed by atoms with Crippen molar-refractivity contribution in [1.82, 2.24) is 5.32 Å². The van der Waals surface area contributed by atoms with Crippen molar-refractivity contribution >= 4 is 32.2 Å². The van der Waals surface area contributed by atoms with Crippen LogP contribution in [-0.2, 0) is 0 Å². The monoisotopic (exact) mass is 403 g/mol. The van der Waals surface area contributed by atoms with E-state index in [1.54, 1.807) is 0 Å². The average molecular weight is 404 g/mol. The molecule has 0 radical (unpaired) electrons. The molecule has 0 atom stereocenters. The second kappa shape index (κ2) is 9.64. The van der Waals surface area contributed by atoms with Crippen LogP contribution in [-0.4, -0.2) is 37.2 Å². The van der Waals surface area contributed by atoms with Gasteiger partial charge in [0.15, 0.2) is 0 Å². The first-order chi connectivity index (χ1) is 10.8. The normalized spacial score (nSPS) is 13.3. The maximum absolute atomic E-state index is 10.3.